The highest BCUT2D eigenvalue weighted by atomic mass is 19.2. The van der Waals surface area contributed by atoms with E-state index in [1.807, 2.05) is 26.0 Å². The van der Waals surface area contributed by atoms with E-state index in [0.29, 0.717) is 12.0 Å². The fraction of sp³-hybridized carbons (Fsp3) is 0.526. The number of carbonyl (C=O) groups is 1. The number of rotatable bonds is 5. The van der Waals surface area contributed by atoms with Crippen LogP contribution in [0.3, 0.4) is 0 Å². The number of hydrogen-bond donors (Lipinski definition) is 0. The monoisotopic (exact) mass is 302 g/mol. The minimum absolute atomic E-state index is 0.0265. The molecular weight excluding hydrogens is 279 g/mol. The molecule has 1 aromatic carbocycles. The molecule has 0 aromatic heterocycles. The van der Waals surface area contributed by atoms with Gasteiger partial charge in [0.2, 0.25) is 0 Å². The molecule has 22 heavy (non-hydrogen) atoms. The van der Waals surface area contributed by atoms with Gasteiger partial charge in [-0.3, -0.25) is 4.79 Å². The molecule has 0 heterocycles. The summed E-state index contributed by atoms with van der Waals surface area (Å²) in [6.07, 6.45) is 3.89. The van der Waals surface area contributed by atoms with Gasteiger partial charge in [-0.25, -0.2) is 0 Å². The maximum Gasteiger partial charge on any atom is 0.272 e. The number of hydrogen-bond acceptors (Lipinski definition) is 2. The van der Waals surface area contributed by atoms with Crippen LogP contribution in [0, 0.1) is 17.8 Å². The summed E-state index contributed by atoms with van der Waals surface area (Å²) >= 11 is 0. The van der Waals surface area contributed by atoms with Crippen LogP contribution in [0.1, 0.15) is 61.9 Å². The largest absolute Gasteiger partial charge is 0.331 e. The molecule has 0 fully saturated rings. The summed E-state index contributed by atoms with van der Waals surface area (Å²) in [6.45, 7) is 3.92. The third kappa shape index (κ3) is 4.68. The Morgan fingerprint density at radius 3 is 2.68 bits per heavy atom. The Morgan fingerprint density at radius 1 is 1.27 bits per heavy atom. The molecule has 2 nitrogen and oxygen atoms in total. The van der Waals surface area contributed by atoms with Crippen molar-refractivity contribution in [2.75, 3.05) is 0 Å². The summed E-state index contributed by atoms with van der Waals surface area (Å²) in [7, 11) is 0. The average molecular weight is 302 g/mol. The molecule has 1 atom stereocenters. The highest BCUT2D eigenvalue weighted by Gasteiger charge is 2.28. The Kier molecular flexibility index (Phi) is 5.74. The van der Waals surface area contributed by atoms with Crippen LogP contribution in [0.15, 0.2) is 24.3 Å². The van der Waals surface area contributed by atoms with Crippen LogP contribution >= 0.6 is 0 Å². The van der Waals surface area contributed by atoms with E-state index < -0.39 is 5.85 Å². The first-order chi connectivity index (χ1) is 10.5. The normalized spacial score (nSPS) is 21.6. The number of carbonyl (C=O) groups excluding carboxylic acids is 1. The number of alkyl halides is 1. The number of Topliss-reactive ketones (excluding diaryl/α,β-unsaturated/α-hetero) is 1. The number of ketones is 1. The third-order valence-corrected chi connectivity index (χ3v) is 3.81. The summed E-state index contributed by atoms with van der Waals surface area (Å²) in [5.74, 6) is 3.72. The molecule has 0 bridgehead atoms. The lowest BCUT2D eigenvalue weighted by atomic mass is 10.0. The van der Waals surface area contributed by atoms with Crippen molar-refractivity contribution in [2.45, 2.75) is 58.4 Å². The van der Waals surface area contributed by atoms with E-state index in [1.165, 1.54) is 0 Å². The molecule has 0 saturated carbocycles. The maximum absolute atomic E-state index is 14.6. The minimum Gasteiger partial charge on any atom is -0.331 e. The van der Waals surface area contributed by atoms with Crippen molar-refractivity contribution < 1.29 is 13.9 Å². The molecule has 118 valence electrons. The predicted octanol–water partition coefficient (Wildman–Crippen LogP) is 4.68. The molecule has 1 unspecified atom stereocenters. The number of halogens is 1. The predicted molar refractivity (Wildman–Crippen MR) is 85.1 cm³/mol. The molecule has 1 aliphatic carbocycles. The van der Waals surface area contributed by atoms with Gasteiger partial charge in [0.05, 0.1) is 6.61 Å². The zero-order valence-electron chi connectivity index (χ0n) is 13.3. The zero-order chi connectivity index (χ0) is 16.0. The van der Waals surface area contributed by atoms with Crippen molar-refractivity contribution >= 4 is 5.78 Å². The van der Waals surface area contributed by atoms with E-state index in [4.69, 9.17) is 4.74 Å². The molecule has 0 radical (unpaired) electrons. The second-order valence-electron chi connectivity index (χ2n) is 6.10. The van der Waals surface area contributed by atoms with E-state index in [2.05, 4.69) is 11.8 Å². The van der Waals surface area contributed by atoms with Crippen LogP contribution < -0.4 is 0 Å². The molecule has 0 saturated heterocycles. The second kappa shape index (κ2) is 7.56. The number of benzene rings is 1. The second-order valence-corrected chi connectivity index (χ2v) is 6.10. The molecule has 0 N–H and O–H groups in total. The first-order valence-electron chi connectivity index (χ1n) is 7.96. The fourth-order valence-corrected chi connectivity index (χ4v) is 2.40. The quantitative estimate of drug-likeness (QED) is 0.583. The van der Waals surface area contributed by atoms with Gasteiger partial charge in [0.1, 0.15) is 0 Å². The highest BCUT2D eigenvalue weighted by Crippen LogP contribution is 2.25. The average Bonchev–Trinajstić information content (AvgIpc) is 2.49. The van der Waals surface area contributed by atoms with Gasteiger partial charge in [-0.2, -0.15) is 4.39 Å². The molecule has 0 amide bonds. The lowest BCUT2D eigenvalue weighted by Gasteiger charge is -2.21. The molecule has 3 heteroatoms. The van der Waals surface area contributed by atoms with Gasteiger partial charge in [0.15, 0.2) is 5.78 Å². The highest BCUT2D eigenvalue weighted by molar-refractivity contribution is 5.97. The van der Waals surface area contributed by atoms with Crippen LogP contribution in [-0.2, 0) is 11.3 Å². The summed E-state index contributed by atoms with van der Waals surface area (Å²) < 4.78 is 20.0. The van der Waals surface area contributed by atoms with Crippen LogP contribution in [0.5, 0.6) is 0 Å². The van der Waals surface area contributed by atoms with Crippen molar-refractivity contribution in [3.8, 4) is 11.8 Å². The summed E-state index contributed by atoms with van der Waals surface area (Å²) in [6, 6.07) is 7.18. The van der Waals surface area contributed by atoms with Crippen LogP contribution in [-0.4, -0.2) is 11.6 Å². The lowest BCUT2D eigenvalue weighted by molar-refractivity contribution is -0.114. The molecular formula is C19H23FO2. The van der Waals surface area contributed by atoms with Crippen LogP contribution in [0.25, 0.3) is 0 Å². The van der Waals surface area contributed by atoms with Crippen LogP contribution in [0.2, 0.25) is 0 Å². The van der Waals surface area contributed by atoms with Gasteiger partial charge in [-0.1, -0.05) is 50.5 Å². The summed E-state index contributed by atoms with van der Waals surface area (Å²) in [5, 5.41) is 0. The van der Waals surface area contributed by atoms with Gasteiger partial charge < -0.3 is 4.74 Å². The lowest BCUT2D eigenvalue weighted by Crippen LogP contribution is -2.25. The Balaban J connectivity index is 1.97. The van der Waals surface area contributed by atoms with Gasteiger partial charge >= 0.3 is 0 Å². The van der Waals surface area contributed by atoms with Gasteiger partial charge in [0.25, 0.3) is 5.85 Å². The third-order valence-electron chi connectivity index (χ3n) is 3.81. The van der Waals surface area contributed by atoms with Crippen molar-refractivity contribution in [1.29, 1.82) is 0 Å². The standard InChI is InChI=1S/C19H23FO2/c1-15(2)18(21)17-10-8-16(9-11-17)14-22-19(20)12-6-4-3-5-7-13-19/h8-11,15H,3-6,12,14H2,1-2H3. The van der Waals surface area contributed by atoms with E-state index >= 15 is 0 Å². The van der Waals surface area contributed by atoms with Crippen molar-refractivity contribution in [1.82, 2.24) is 0 Å². The van der Waals surface area contributed by atoms with Gasteiger partial charge in [-0.05, 0) is 24.3 Å². The first-order valence-corrected chi connectivity index (χ1v) is 7.96. The Morgan fingerprint density at radius 2 is 2.00 bits per heavy atom. The van der Waals surface area contributed by atoms with E-state index in [0.717, 1.165) is 31.2 Å². The Hall–Kier alpha value is -1.66. The maximum atomic E-state index is 14.6. The van der Waals surface area contributed by atoms with Crippen LogP contribution in [0.4, 0.5) is 4.39 Å². The van der Waals surface area contributed by atoms with E-state index in [-0.39, 0.29) is 18.3 Å². The van der Waals surface area contributed by atoms with Gasteiger partial charge in [0, 0.05) is 24.3 Å². The Labute approximate surface area is 132 Å². The molecule has 2 rings (SSSR count). The summed E-state index contributed by atoms with van der Waals surface area (Å²) in [5.41, 5.74) is 1.53. The first kappa shape index (κ1) is 16.7. The van der Waals surface area contributed by atoms with E-state index in [9.17, 15) is 9.18 Å². The minimum atomic E-state index is -1.84. The molecule has 0 aliphatic heterocycles. The van der Waals surface area contributed by atoms with E-state index in [1.54, 1.807) is 12.1 Å². The molecule has 1 aliphatic rings. The molecule has 0 spiro atoms. The fourth-order valence-electron chi connectivity index (χ4n) is 2.40. The SMILES string of the molecule is CC(C)C(=O)c1ccc(COC2(F)C#CCCCCC2)cc1. The van der Waals surface area contributed by atoms with Crippen molar-refractivity contribution in [3.05, 3.63) is 35.4 Å². The smallest absolute Gasteiger partial charge is 0.272 e. The topological polar surface area (TPSA) is 26.3 Å². The zero-order valence-corrected chi connectivity index (χ0v) is 13.3. The van der Waals surface area contributed by atoms with Crippen molar-refractivity contribution in [3.63, 3.8) is 0 Å². The Bertz CT molecular complexity index is 565. The molecule has 1 aromatic rings. The van der Waals surface area contributed by atoms with Gasteiger partial charge in [-0.15, -0.1) is 0 Å². The van der Waals surface area contributed by atoms with Crippen molar-refractivity contribution in [2.24, 2.45) is 5.92 Å². The summed E-state index contributed by atoms with van der Waals surface area (Å²) in [4.78, 5) is 11.9. The number of ether oxygens (including phenoxy) is 1.